The highest BCUT2D eigenvalue weighted by Crippen LogP contribution is 2.90. The van der Waals surface area contributed by atoms with Crippen LogP contribution in [0.4, 0.5) is 11.4 Å². The van der Waals surface area contributed by atoms with Crippen LogP contribution in [-0.2, 0) is 11.1 Å². The molecule has 2 spiro atoms. The molecule has 0 saturated carbocycles. The Hall–Kier alpha value is -9.12. The summed E-state index contributed by atoms with van der Waals surface area (Å²) in [6.45, 7) is 0. The van der Waals surface area contributed by atoms with Gasteiger partial charge in [-0.2, -0.15) is 0 Å². The van der Waals surface area contributed by atoms with Crippen molar-refractivity contribution in [1.29, 1.82) is 0 Å². The fourth-order valence-electron chi connectivity index (χ4n) is 25.1. The molecule has 4 heteroatoms. The molecule has 0 aromatic heterocycles. The molecule has 0 amide bonds. The highest BCUT2D eigenvalue weighted by Gasteiger charge is 2.86. The summed E-state index contributed by atoms with van der Waals surface area (Å²) in [5.74, 6) is 0. The number of anilines is 1. The third-order valence-corrected chi connectivity index (χ3v) is 25.1. The maximum Gasteiger partial charge on any atom is 0.271 e. The van der Waals surface area contributed by atoms with Gasteiger partial charge < -0.3 is 4.90 Å². The summed E-state index contributed by atoms with van der Waals surface area (Å²) >= 11 is 0. The third kappa shape index (κ3) is 1.28. The first kappa shape index (κ1) is 25.3. The lowest BCUT2D eigenvalue weighted by molar-refractivity contribution is -0.384. The van der Waals surface area contributed by atoms with Crippen LogP contribution in [0, 0.1) is 10.1 Å². The molecule has 29 aromatic rings. The summed E-state index contributed by atoms with van der Waals surface area (Å²) in [5.41, 5.74) is 6.38. The lowest BCUT2D eigenvalue weighted by atomic mass is 9.68. The molecule has 0 radical (unpaired) electrons. The second-order valence-corrected chi connectivity index (χ2v) is 25.3. The van der Waals surface area contributed by atoms with E-state index < -0.39 is 11.1 Å². The predicted octanol–water partition coefficient (Wildman–Crippen LogP) is 17.6. The van der Waals surface area contributed by atoms with Crippen molar-refractivity contribution in [1.82, 2.24) is 0 Å². The van der Waals surface area contributed by atoms with Crippen molar-refractivity contribution in [3.8, 4) is 0 Å². The number of benzene rings is 19. The van der Waals surface area contributed by atoms with Crippen molar-refractivity contribution in [2.75, 3.05) is 4.90 Å². The second kappa shape index (κ2) is 5.58. The first-order valence-corrected chi connectivity index (χ1v) is 25.6. The number of hydrogen-bond acceptors (Lipinski definition) is 3. The Kier molecular flexibility index (Phi) is 2.02. The van der Waals surface area contributed by atoms with E-state index in [2.05, 4.69) is 11.0 Å². The largest absolute Gasteiger partial charge is 0.337 e. The highest BCUT2D eigenvalue weighted by molar-refractivity contribution is 6.82. The summed E-state index contributed by atoms with van der Waals surface area (Å²) in [6.07, 6.45) is 0. The maximum absolute atomic E-state index is 13.0. The van der Waals surface area contributed by atoms with E-state index in [1.165, 1.54) is 0 Å². The Morgan fingerprint density at radius 3 is 0.614 bits per heavy atom. The van der Waals surface area contributed by atoms with Crippen LogP contribution in [0.5, 0.6) is 0 Å². The Labute approximate surface area is 377 Å². The van der Waals surface area contributed by atoms with Crippen LogP contribution in [-0.4, -0.2) is 4.92 Å². The number of nitrogens with zero attached hydrogens (tertiary/aromatic N) is 2. The van der Waals surface area contributed by atoms with Crippen molar-refractivity contribution >= 4 is 302 Å². The minimum absolute atomic E-state index is 0.154. The molecule has 4 aliphatic carbocycles. The van der Waals surface area contributed by atoms with Gasteiger partial charge in [0.2, 0.25) is 0 Å². The van der Waals surface area contributed by atoms with Crippen molar-refractivity contribution in [2.24, 2.45) is 0 Å². The van der Waals surface area contributed by atoms with Crippen LogP contribution in [0.2, 0.25) is 0 Å². The number of rotatable bonds is 2. The van der Waals surface area contributed by atoms with Gasteiger partial charge in [0, 0.05) is 40.1 Å². The summed E-state index contributed by atoms with van der Waals surface area (Å²) < 4.78 is 0. The quantitative estimate of drug-likeness (QED) is 0.0753. The van der Waals surface area contributed by atoms with Gasteiger partial charge in [-0.1, -0.05) is 6.07 Å². The van der Waals surface area contributed by atoms with Gasteiger partial charge in [0.25, 0.3) is 5.69 Å². The predicted molar refractivity (Wildman–Crippen MR) is 289 cm³/mol. The summed E-state index contributed by atoms with van der Waals surface area (Å²) in [7, 11) is 0. The van der Waals surface area contributed by atoms with Gasteiger partial charge in [-0.05, 0) is 297 Å². The number of non-ortho nitro benzene ring substituents is 1. The van der Waals surface area contributed by atoms with E-state index in [4.69, 9.17) is 0 Å². The third-order valence-electron chi connectivity index (χ3n) is 25.1. The van der Waals surface area contributed by atoms with E-state index in [0.717, 1.165) is 5.69 Å². The van der Waals surface area contributed by atoms with Crippen LogP contribution >= 0.6 is 0 Å². The summed E-state index contributed by atoms with van der Waals surface area (Å²) in [4.78, 5) is 15.7. The van der Waals surface area contributed by atoms with E-state index in [1.54, 1.807) is 319 Å². The summed E-state index contributed by atoms with van der Waals surface area (Å²) in [6, 6.07) is 7.92. The monoisotopic (exact) mass is 856 g/mol. The van der Waals surface area contributed by atoms with Gasteiger partial charge in [-0.3, -0.25) is 10.1 Å². The SMILES string of the molecule is O=[N+]([O-])c1cccc(N2C34c5c6c7c8c9c%10c(c%11c%12c3c3c5c5c%13c6c6c7c7c9c9c%14c%10c%10c%11c%11c%12c%12c3c3c5c5c%13c%13c6c6c7c9c7c9c%14c%10c%10c%11c%11c%12c3c3c5c5c%13c6c7c6c9c%10c%11c3c56)C824)c1. The zero-order valence-corrected chi connectivity index (χ0v) is 35.0. The number of hydrogen-bond donors (Lipinski definition) is 0. The van der Waals surface area contributed by atoms with Crippen LogP contribution in [0.3, 0.4) is 0 Å². The molecule has 0 bridgehead atoms. The van der Waals surface area contributed by atoms with Gasteiger partial charge in [-0.25, -0.2) is 0 Å². The first-order chi connectivity index (χ1) is 34.8. The lowest BCUT2D eigenvalue weighted by Gasteiger charge is -2.29. The van der Waals surface area contributed by atoms with E-state index in [1.807, 2.05) is 12.1 Å². The smallest absolute Gasteiger partial charge is 0.271 e. The Balaban J connectivity index is 1.16. The minimum atomic E-state index is -0.534. The van der Waals surface area contributed by atoms with E-state index in [-0.39, 0.29) is 10.6 Å². The molecule has 290 valence electrons. The Bertz CT molecular complexity index is 6910. The van der Waals surface area contributed by atoms with Crippen LogP contribution < -0.4 is 4.90 Å². The van der Waals surface area contributed by atoms with Crippen LogP contribution in [0.15, 0.2) is 24.3 Å². The Morgan fingerprint density at radius 2 is 0.443 bits per heavy atom. The molecular formula is C66H4N2O2. The Morgan fingerprint density at radius 1 is 0.271 bits per heavy atom. The first-order valence-electron chi connectivity index (χ1n) is 25.6. The molecule has 29 aromatic carbocycles. The van der Waals surface area contributed by atoms with Gasteiger partial charge in [0.05, 0.1) is 4.92 Å². The molecule has 5 aliphatic rings. The van der Waals surface area contributed by atoms with Crippen molar-refractivity contribution in [2.45, 2.75) is 11.1 Å². The standard InChI is InChI=1S/C66H4N2O2/c69-68(70)6-3-1-2-5(4-6)67-65-61-53-45-35-25-17-9-7-8-11-15-13(9)21-29-23(15)33-27-19(11)20-12(8)16-14-10(7)18(17)26-32-22(14)30-24(16)34-28(20)38-37(27)47-41(33)51-43(29)49(39(45)31(21)25)57(61)59(51)63-55(47)56-48(38)42(34)52-44(30)50-40(32)46(36(26)35)54(53)62(65)58(50)60(52)64(56)66(63,65)67/h1-4H. The molecule has 70 heavy (non-hydrogen) atoms. The average Bonchev–Trinajstić information content (AvgIpc) is 4.40. The van der Waals surface area contributed by atoms with E-state index >= 15 is 0 Å². The fraction of sp³-hybridized carbons (Fsp3) is 0.0303. The molecule has 1 heterocycles. The molecule has 0 N–H and O–H groups in total. The van der Waals surface area contributed by atoms with E-state index in [9.17, 15) is 10.1 Å². The maximum atomic E-state index is 13.0. The highest BCUT2D eigenvalue weighted by atomic mass is 16.6. The van der Waals surface area contributed by atoms with Crippen LogP contribution in [0.1, 0.15) is 22.3 Å². The number of nitro groups is 1. The van der Waals surface area contributed by atoms with Gasteiger partial charge in [-0.15, -0.1) is 0 Å². The zero-order chi connectivity index (χ0) is 41.6. The normalized spacial score (nSPS) is 22.2. The zero-order valence-electron chi connectivity index (χ0n) is 35.0. The summed E-state index contributed by atoms with van der Waals surface area (Å²) in [5, 5.41) is 98.5. The lowest BCUT2D eigenvalue weighted by Crippen LogP contribution is -2.27. The average molecular weight is 857 g/mol. The topological polar surface area (TPSA) is 46.1 Å². The van der Waals surface area contributed by atoms with Gasteiger partial charge in [0.1, 0.15) is 11.1 Å². The molecule has 4 nitrogen and oxygen atoms in total. The van der Waals surface area contributed by atoms with Gasteiger partial charge >= 0.3 is 0 Å². The molecule has 0 unspecified atom stereocenters. The van der Waals surface area contributed by atoms with E-state index in [0.29, 0.717) is 0 Å². The second-order valence-electron chi connectivity index (χ2n) is 25.3. The molecule has 0 atom stereocenters. The van der Waals surface area contributed by atoms with Crippen LogP contribution in [0.25, 0.3) is 291 Å². The number of nitro benzene ring substituents is 1. The minimum Gasteiger partial charge on any atom is -0.337 e. The molecule has 1 aliphatic heterocycles. The molecule has 1 fully saturated rings. The van der Waals surface area contributed by atoms with Crippen molar-refractivity contribution in [3.05, 3.63) is 56.6 Å². The van der Waals surface area contributed by atoms with Crippen molar-refractivity contribution in [3.63, 3.8) is 0 Å². The molecule has 34 rings (SSSR count). The fourth-order valence-corrected chi connectivity index (χ4v) is 25.1. The van der Waals surface area contributed by atoms with Crippen molar-refractivity contribution < 1.29 is 4.92 Å². The molecule has 1 saturated heterocycles. The van der Waals surface area contributed by atoms with Gasteiger partial charge in [0.15, 0.2) is 0 Å². The molecular weight excluding hydrogens is 853 g/mol.